The molecule has 0 aromatic heterocycles. The van der Waals surface area contributed by atoms with E-state index in [0.717, 1.165) is 38.9 Å². The average molecular weight is 389 g/mol. The van der Waals surface area contributed by atoms with Gasteiger partial charge in [0.15, 0.2) is 6.61 Å². The van der Waals surface area contributed by atoms with Crippen LogP contribution in [0.1, 0.15) is 16.7 Å². The molecule has 1 amide bonds. The van der Waals surface area contributed by atoms with E-state index in [4.69, 9.17) is 9.47 Å². The largest absolute Gasteiger partial charge is 0.497 e. The zero-order valence-corrected chi connectivity index (χ0v) is 16.7. The molecule has 3 aromatic rings. The van der Waals surface area contributed by atoms with Crippen molar-refractivity contribution in [1.29, 1.82) is 0 Å². The highest BCUT2D eigenvalue weighted by Crippen LogP contribution is 2.22. The average Bonchev–Trinajstić information content (AvgIpc) is 2.72. The van der Waals surface area contributed by atoms with Gasteiger partial charge in [-0.25, -0.2) is 4.79 Å². The molecule has 5 nitrogen and oxygen atoms in total. The summed E-state index contributed by atoms with van der Waals surface area (Å²) in [5.74, 6) is -0.153. The summed E-state index contributed by atoms with van der Waals surface area (Å²) >= 11 is 0. The van der Waals surface area contributed by atoms with Gasteiger partial charge in [0.05, 0.1) is 7.11 Å². The third-order valence-corrected chi connectivity index (χ3v) is 4.50. The van der Waals surface area contributed by atoms with Gasteiger partial charge >= 0.3 is 5.97 Å². The zero-order chi connectivity index (χ0) is 20.8. The Hall–Kier alpha value is -3.60. The first-order chi connectivity index (χ1) is 13.9. The molecule has 148 valence electrons. The highest BCUT2D eigenvalue weighted by Gasteiger charge is 2.08. The third-order valence-electron chi connectivity index (χ3n) is 4.50. The number of anilines is 1. The van der Waals surface area contributed by atoms with Gasteiger partial charge in [0.25, 0.3) is 5.91 Å². The minimum Gasteiger partial charge on any atom is -0.497 e. The van der Waals surface area contributed by atoms with Crippen LogP contribution in [0.5, 0.6) is 5.75 Å². The molecule has 0 aliphatic carbocycles. The van der Waals surface area contributed by atoms with Crippen molar-refractivity contribution in [3.8, 4) is 5.75 Å². The summed E-state index contributed by atoms with van der Waals surface area (Å²) in [5, 5.41) is 4.84. The van der Waals surface area contributed by atoms with Crippen LogP contribution in [-0.4, -0.2) is 25.6 Å². The van der Waals surface area contributed by atoms with Crippen LogP contribution in [0.15, 0.2) is 60.7 Å². The predicted molar refractivity (Wildman–Crippen MR) is 115 cm³/mol. The van der Waals surface area contributed by atoms with Crippen molar-refractivity contribution in [1.82, 2.24) is 0 Å². The predicted octanol–water partition coefficient (Wildman–Crippen LogP) is 4.66. The molecule has 0 radical (unpaired) electrons. The van der Waals surface area contributed by atoms with E-state index < -0.39 is 5.97 Å². The SMILES string of the molecule is COc1ccc2cc(/C=C/C(=O)OCC(=O)Nc3cc(C)ccc3C)ccc2c1. The van der Waals surface area contributed by atoms with Gasteiger partial charge in [-0.1, -0.05) is 30.3 Å². The Balaban J connectivity index is 1.56. The minimum absolute atomic E-state index is 0.339. The van der Waals surface area contributed by atoms with Gasteiger partial charge in [-0.3, -0.25) is 4.79 Å². The molecule has 0 unspecified atom stereocenters. The van der Waals surface area contributed by atoms with E-state index in [2.05, 4.69) is 5.32 Å². The Labute approximate surface area is 170 Å². The number of amides is 1. The summed E-state index contributed by atoms with van der Waals surface area (Å²) < 4.78 is 10.3. The van der Waals surface area contributed by atoms with Crippen molar-refractivity contribution in [2.24, 2.45) is 0 Å². The molecule has 0 bridgehead atoms. The first-order valence-electron chi connectivity index (χ1n) is 9.24. The van der Waals surface area contributed by atoms with Gasteiger partial charge in [0.1, 0.15) is 5.75 Å². The minimum atomic E-state index is -0.573. The second kappa shape index (κ2) is 9.06. The number of hydrogen-bond donors (Lipinski definition) is 1. The molecule has 1 N–H and O–H groups in total. The van der Waals surface area contributed by atoms with Crippen LogP contribution < -0.4 is 10.1 Å². The second-order valence-electron chi connectivity index (χ2n) is 6.78. The number of nitrogens with one attached hydrogen (secondary N) is 1. The van der Waals surface area contributed by atoms with E-state index in [1.165, 1.54) is 6.08 Å². The lowest BCUT2D eigenvalue weighted by Crippen LogP contribution is -2.20. The highest BCUT2D eigenvalue weighted by atomic mass is 16.5. The summed E-state index contributed by atoms with van der Waals surface area (Å²) in [6.07, 6.45) is 2.98. The first kappa shape index (κ1) is 20.1. The Bertz CT molecular complexity index is 1090. The monoisotopic (exact) mass is 389 g/mol. The fraction of sp³-hybridized carbons (Fsp3) is 0.167. The second-order valence-corrected chi connectivity index (χ2v) is 6.78. The quantitative estimate of drug-likeness (QED) is 0.492. The van der Waals surface area contributed by atoms with E-state index in [-0.39, 0.29) is 12.5 Å². The number of carbonyl (C=O) groups is 2. The zero-order valence-electron chi connectivity index (χ0n) is 16.7. The molecule has 5 heteroatoms. The molecule has 0 aliphatic rings. The van der Waals surface area contributed by atoms with E-state index in [0.29, 0.717) is 0 Å². The molecule has 29 heavy (non-hydrogen) atoms. The van der Waals surface area contributed by atoms with Crippen LogP contribution in [0.4, 0.5) is 5.69 Å². The molecular weight excluding hydrogens is 366 g/mol. The lowest BCUT2D eigenvalue weighted by atomic mass is 10.1. The molecule has 0 aliphatic heterocycles. The standard InChI is InChI=1S/C24H23NO4/c1-16-4-5-17(2)22(12-16)25-23(26)15-29-24(27)11-7-18-6-8-20-14-21(28-3)10-9-19(20)13-18/h4-14H,15H2,1-3H3,(H,25,26)/b11-7+. The van der Waals surface area contributed by atoms with Gasteiger partial charge in [0, 0.05) is 11.8 Å². The van der Waals surface area contributed by atoms with Crippen LogP contribution in [0.25, 0.3) is 16.8 Å². The number of esters is 1. The van der Waals surface area contributed by atoms with Crippen molar-refractivity contribution >= 4 is 34.4 Å². The smallest absolute Gasteiger partial charge is 0.331 e. The Morgan fingerprint density at radius 2 is 1.72 bits per heavy atom. The normalized spacial score (nSPS) is 10.9. The number of aryl methyl sites for hydroxylation is 2. The summed E-state index contributed by atoms with van der Waals surface area (Å²) in [7, 11) is 1.63. The van der Waals surface area contributed by atoms with Crippen LogP contribution >= 0.6 is 0 Å². The molecule has 0 spiro atoms. The molecule has 0 saturated heterocycles. The Kier molecular flexibility index (Phi) is 6.29. The maximum absolute atomic E-state index is 12.0. The van der Waals surface area contributed by atoms with Gasteiger partial charge in [-0.15, -0.1) is 0 Å². The Morgan fingerprint density at radius 1 is 0.966 bits per heavy atom. The van der Waals surface area contributed by atoms with Crippen molar-refractivity contribution in [2.75, 3.05) is 19.0 Å². The lowest BCUT2D eigenvalue weighted by Gasteiger charge is -2.09. The van der Waals surface area contributed by atoms with Crippen LogP contribution in [-0.2, 0) is 14.3 Å². The maximum Gasteiger partial charge on any atom is 0.331 e. The van der Waals surface area contributed by atoms with Crippen molar-refractivity contribution < 1.29 is 19.1 Å². The number of rotatable bonds is 6. The summed E-state index contributed by atoms with van der Waals surface area (Å²) in [6, 6.07) is 17.4. The van der Waals surface area contributed by atoms with E-state index >= 15 is 0 Å². The van der Waals surface area contributed by atoms with Gasteiger partial charge < -0.3 is 14.8 Å². The lowest BCUT2D eigenvalue weighted by molar-refractivity contribution is -0.142. The molecule has 0 fully saturated rings. The number of hydrogen-bond acceptors (Lipinski definition) is 4. The van der Waals surface area contributed by atoms with E-state index in [1.54, 1.807) is 13.2 Å². The fourth-order valence-corrected chi connectivity index (χ4v) is 2.88. The van der Waals surface area contributed by atoms with Gasteiger partial charge in [-0.2, -0.15) is 0 Å². The summed E-state index contributed by atoms with van der Waals surface area (Å²) in [4.78, 5) is 24.0. The highest BCUT2D eigenvalue weighted by molar-refractivity contribution is 5.95. The fourth-order valence-electron chi connectivity index (χ4n) is 2.88. The number of ether oxygens (including phenoxy) is 2. The van der Waals surface area contributed by atoms with Crippen molar-refractivity contribution in [3.63, 3.8) is 0 Å². The van der Waals surface area contributed by atoms with E-state index in [9.17, 15) is 9.59 Å². The first-order valence-corrected chi connectivity index (χ1v) is 9.24. The number of benzene rings is 3. The molecule has 3 rings (SSSR count). The molecular formula is C24H23NO4. The van der Waals surface area contributed by atoms with Crippen LogP contribution in [0.2, 0.25) is 0 Å². The molecule has 0 heterocycles. The van der Waals surface area contributed by atoms with Crippen LogP contribution in [0, 0.1) is 13.8 Å². The number of carbonyl (C=O) groups excluding carboxylic acids is 2. The van der Waals surface area contributed by atoms with Crippen molar-refractivity contribution in [3.05, 3.63) is 77.4 Å². The number of methoxy groups -OCH3 is 1. The third kappa shape index (κ3) is 5.45. The van der Waals surface area contributed by atoms with E-state index in [1.807, 2.05) is 68.4 Å². The van der Waals surface area contributed by atoms with Gasteiger partial charge in [-0.05, 0) is 71.7 Å². The Morgan fingerprint density at radius 3 is 2.52 bits per heavy atom. The van der Waals surface area contributed by atoms with Crippen molar-refractivity contribution in [2.45, 2.75) is 13.8 Å². The van der Waals surface area contributed by atoms with Crippen LogP contribution in [0.3, 0.4) is 0 Å². The maximum atomic E-state index is 12.0. The van der Waals surface area contributed by atoms with Gasteiger partial charge in [0.2, 0.25) is 0 Å². The summed E-state index contributed by atoms with van der Waals surface area (Å²) in [5.41, 5.74) is 3.57. The topological polar surface area (TPSA) is 64.6 Å². The molecule has 3 aromatic carbocycles. The summed E-state index contributed by atoms with van der Waals surface area (Å²) in [6.45, 7) is 3.51. The number of fused-ring (bicyclic) bond motifs is 1. The molecule has 0 saturated carbocycles. The molecule has 0 atom stereocenters.